The summed E-state index contributed by atoms with van der Waals surface area (Å²) in [6.07, 6.45) is -6.13. The molecular formula is C27H24O18. The summed E-state index contributed by atoms with van der Waals surface area (Å²) < 4.78 is 20.4. The van der Waals surface area contributed by atoms with Crippen molar-refractivity contribution in [2.24, 2.45) is 0 Å². The molecule has 0 radical (unpaired) electrons. The van der Waals surface area contributed by atoms with Crippen molar-refractivity contribution >= 4 is 17.9 Å². The zero-order chi connectivity index (χ0) is 33.4. The molecule has 1 saturated heterocycles. The van der Waals surface area contributed by atoms with Crippen molar-refractivity contribution in [3.05, 3.63) is 53.1 Å². The third-order valence-electron chi connectivity index (χ3n) is 6.53. The molecule has 1 aliphatic heterocycles. The molecule has 1 heterocycles. The van der Waals surface area contributed by atoms with Crippen molar-refractivity contribution in [3.8, 4) is 51.7 Å². The SMILES string of the molecule is O=C(OCC1O[C@@H](O)C(O)(COC(=O)c2cc(O)c(O)c(O)c2)C1OC(=O)c1cc(O)c(O)c(O)c1)c1cc(O)c(O)c(O)c1. The second-order valence-corrected chi connectivity index (χ2v) is 9.61. The van der Waals surface area contributed by atoms with Gasteiger partial charge < -0.3 is 75.1 Å². The second kappa shape index (κ2) is 12.0. The van der Waals surface area contributed by atoms with Crippen LogP contribution in [-0.4, -0.2) is 111 Å². The van der Waals surface area contributed by atoms with Crippen LogP contribution in [0.25, 0.3) is 0 Å². The molecule has 0 saturated carbocycles. The first-order valence-electron chi connectivity index (χ1n) is 12.4. The van der Waals surface area contributed by atoms with Gasteiger partial charge in [0.25, 0.3) is 0 Å². The number of aromatic hydroxyl groups is 9. The van der Waals surface area contributed by atoms with Crippen LogP contribution >= 0.6 is 0 Å². The molecule has 45 heavy (non-hydrogen) atoms. The fourth-order valence-electron chi connectivity index (χ4n) is 4.13. The molecule has 1 aliphatic rings. The number of esters is 3. The molecule has 11 N–H and O–H groups in total. The standard InChI is InChI=1S/C27H24O18/c28-12-1-9(2-13(29)19(12)34)23(37)42-7-18-22(45-25(39)11-5-16(32)21(36)17(33)6-11)27(41,26(40)44-18)8-43-24(38)10-3-14(30)20(35)15(31)4-10/h1-6,18,22,26,28-36,40-41H,7-8H2/t18?,22?,26-,27?/m1/s1. The molecule has 18 heteroatoms. The van der Waals surface area contributed by atoms with Crippen LogP contribution in [-0.2, 0) is 18.9 Å². The van der Waals surface area contributed by atoms with E-state index in [1.807, 2.05) is 0 Å². The molecule has 1 fully saturated rings. The van der Waals surface area contributed by atoms with Gasteiger partial charge in [-0.05, 0) is 36.4 Å². The number of aliphatic hydroxyl groups excluding tert-OH is 1. The van der Waals surface area contributed by atoms with E-state index in [9.17, 15) is 70.6 Å². The number of rotatable bonds is 8. The molecule has 4 rings (SSSR count). The molecule has 240 valence electrons. The van der Waals surface area contributed by atoms with Crippen molar-refractivity contribution in [2.75, 3.05) is 13.2 Å². The number of phenols is 9. The van der Waals surface area contributed by atoms with E-state index in [0.29, 0.717) is 24.3 Å². The normalized spacial score (nSPS) is 20.8. The van der Waals surface area contributed by atoms with Crippen LogP contribution < -0.4 is 0 Å². The summed E-state index contributed by atoms with van der Waals surface area (Å²) in [5.41, 5.74) is -4.44. The Kier molecular flexibility index (Phi) is 8.58. The summed E-state index contributed by atoms with van der Waals surface area (Å²) in [5.74, 6) is -12.3. The van der Waals surface area contributed by atoms with Crippen LogP contribution in [0.5, 0.6) is 51.7 Å². The highest BCUT2D eigenvalue weighted by Crippen LogP contribution is 2.39. The van der Waals surface area contributed by atoms with E-state index in [4.69, 9.17) is 18.9 Å². The van der Waals surface area contributed by atoms with E-state index >= 15 is 0 Å². The van der Waals surface area contributed by atoms with Gasteiger partial charge in [0.15, 0.2) is 69.7 Å². The Hall–Kier alpha value is -5.85. The van der Waals surface area contributed by atoms with Gasteiger partial charge in [-0.25, -0.2) is 14.4 Å². The van der Waals surface area contributed by atoms with E-state index in [0.717, 1.165) is 12.1 Å². The van der Waals surface area contributed by atoms with Crippen LogP contribution in [0.3, 0.4) is 0 Å². The monoisotopic (exact) mass is 636 g/mol. The number of benzene rings is 3. The third-order valence-corrected chi connectivity index (χ3v) is 6.53. The van der Waals surface area contributed by atoms with E-state index in [2.05, 4.69) is 0 Å². The number of carbonyl (C=O) groups is 3. The molecule has 3 aromatic rings. The van der Waals surface area contributed by atoms with Gasteiger partial charge in [-0.1, -0.05) is 0 Å². The Bertz CT molecular complexity index is 1600. The van der Waals surface area contributed by atoms with Gasteiger partial charge in [0.2, 0.25) is 0 Å². The van der Waals surface area contributed by atoms with Crippen LogP contribution in [0.2, 0.25) is 0 Å². The Labute approximate surface area is 249 Å². The highest BCUT2D eigenvalue weighted by atomic mass is 16.7. The minimum absolute atomic E-state index is 0.477. The minimum Gasteiger partial charge on any atom is -0.504 e. The van der Waals surface area contributed by atoms with E-state index in [1.165, 1.54) is 0 Å². The maximum absolute atomic E-state index is 12.9. The molecule has 0 aliphatic carbocycles. The molecule has 4 atom stereocenters. The number of aliphatic hydroxyl groups is 2. The van der Waals surface area contributed by atoms with Crippen molar-refractivity contribution < 1.29 is 89.5 Å². The zero-order valence-electron chi connectivity index (χ0n) is 22.4. The van der Waals surface area contributed by atoms with Crippen molar-refractivity contribution in [2.45, 2.75) is 24.1 Å². The molecule has 3 aromatic carbocycles. The average molecular weight is 636 g/mol. The lowest BCUT2D eigenvalue weighted by molar-refractivity contribution is -0.191. The van der Waals surface area contributed by atoms with Crippen molar-refractivity contribution in [1.29, 1.82) is 0 Å². The summed E-state index contributed by atoms with van der Waals surface area (Å²) in [6.45, 7) is -2.14. The summed E-state index contributed by atoms with van der Waals surface area (Å²) >= 11 is 0. The van der Waals surface area contributed by atoms with E-state index in [-0.39, 0.29) is 0 Å². The van der Waals surface area contributed by atoms with Gasteiger partial charge in [0.1, 0.15) is 19.3 Å². The Balaban J connectivity index is 1.60. The number of phenolic OH excluding ortho intramolecular Hbond substituents is 9. The third kappa shape index (κ3) is 6.27. The molecule has 0 spiro atoms. The maximum atomic E-state index is 12.9. The highest BCUT2D eigenvalue weighted by molar-refractivity contribution is 5.92. The first-order valence-corrected chi connectivity index (χ1v) is 12.4. The summed E-state index contributed by atoms with van der Waals surface area (Å²) in [4.78, 5) is 38.1. The predicted octanol–water partition coefficient (Wildman–Crippen LogP) is -0.275. The van der Waals surface area contributed by atoms with Crippen LogP contribution in [0.1, 0.15) is 31.1 Å². The number of carbonyl (C=O) groups excluding carboxylic acids is 3. The summed E-state index contributed by atoms with van der Waals surface area (Å²) in [6, 6.07) is 4.21. The number of hydrogen-bond acceptors (Lipinski definition) is 18. The van der Waals surface area contributed by atoms with E-state index in [1.54, 1.807) is 0 Å². The lowest BCUT2D eigenvalue weighted by Crippen LogP contribution is -2.54. The second-order valence-electron chi connectivity index (χ2n) is 9.61. The van der Waals surface area contributed by atoms with Gasteiger partial charge in [-0.15, -0.1) is 0 Å². The number of ether oxygens (including phenoxy) is 4. The fourth-order valence-corrected chi connectivity index (χ4v) is 4.13. The predicted molar refractivity (Wildman–Crippen MR) is 140 cm³/mol. The first-order chi connectivity index (χ1) is 21.0. The van der Waals surface area contributed by atoms with Crippen LogP contribution in [0.15, 0.2) is 36.4 Å². The Morgan fingerprint density at radius 3 is 1.38 bits per heavy atom. The lowest BCUT2D eigenvalue weighted by atomic mass is 9.95. The Morgan fingerprint density at radius 2 is 0.978 bits per heavy atom. The average Bonchev–Trinajstić information content (AvgIpc) is 3.22. The molecule has 0 bridgehead atoms. The maximum Gasteiger partial charge on any atom is 0.338 e. The summed E-state index contributed by atoms with van der Waals surface area (Å²) in [5, 5.41) is 109. The molecule has 3 unspecified atom stereocenters. The fraction of sp³-hybridized carbons (Fsp3) is 0.222. The first kappa shape index (κ1) is 32.1. The van der Waals surface area contributed by atoms with Gasteiger partial charge in [0.05, 0.1) is 16.7 Å². The largest absolute Gasteiger partial charge is 0.504 e. The van der Waals surface area contributed by atoms with Gasteiger partial charge >= 0.3 is 17.9 Å². The zero-order valence-corrected chi connectivity index (χ0v) is 22.4. The van der Waals surface area contributed by atoms with Crippen molar-refractivity contribution in [1.82, 2.24) is 0 Å². The molecule has 0 aromatic heterocycles. The molecular weight excluding hydrogens is 612 g/mol. The van der Waals surface area contributed by atoms with E-state index < -0.39 is 124 Å². The quantitative estimate of drug-likeness (QED) is 0.0860. The molecule has 0 amide bonds. The smallest absolute Gasteiger partial charge is 0.338 e. The minimum atomic E-state index is -2.83. The Morgan fingerprint density at radius 1 is 0.622 bits per heavy atom. The van der Waals surface area contributed by atoms with Gasteiger partial charge in [-0.3, -0.25) is 0 Å². The van der Waals surface area contributed by atoms with Gasteiger partial charge in [-0.2, -0.15) is 0 Å². The highest BCUT2D eigenvalue weighted by Gasteiger charge is 2.59. The molecule has 18 nitrogen and oxygen atoms in total. The lowest BCUT2D eigenvalue weighted by Gasteiger charge is -2.30. The van der Waals surface area contributed by atoms with Gasteiger partial charge in [0, 0.05) is 0 Å². The number of hydrogen-bond donors (Lipinski definition) is 11. The van der Waals surface area contributed by atoms with Crippen molar-refractivity contribution in [3.63, 3.8) is 0 Å². The van der Waals surface area contributed by atoms with Crippen LogP contribution in [0, 0.1) is 0 Å². The van der Waals surface area contributed by atoms with Crippen LogP contribution in [0.4, 0.5) is 0 Å². The summed E-state index contributed by atoms with van der Waals surface area (Å²) in [7, 11) is 0. The topological polar surface area (TPSA) is 311 Å².